The molecule has 0 bridgehead atoms. The minimum atomic E-state index is 0.109. The number of ether oxygens (including phenoxy) is 1. The van der Waals surface area contributed by atoms with Crippen molar-refractivity contribution < 1.29 is 9.84 Å². The van der Waals surface area contributed by atoms with E-state index in [1.807, 2.05) is 37.3 Å². The first-order chi connectivity index (χ1) is 9.81. The SMILES string of the molecule is CCOCCNC(c1ccccc1)c1ccc(O)cc1. The number of benzene rings is 2. The number of phenolic OH excluding ortho intramolecular Hbond substituents is 1. The maximum absolute atomic E-state index is 9.41. The lowest BCUT2D eigenvalue weighted by molar-refractivity contribution is 0.148. The molecule has 2 aromatic rings. The summed E-state index contributed by atoms with van der Waals surface area (Å²) in [5.41, 5.74) is 2.33. The van der Waals surface area contributed by atoms with E-state index in [-0.39, 0.29) is 11.8 Å². The molecule has 2 N–H and O–H groups in total. The van der Waals surface area contributed by atoms with Crippen molar-refractivity contribution in [3.8, 4) is 5.75 Å². The van der Waals surface area contributed by atoms with E-state index in [2.05, 4.69) is 17.4 Å². The number of hydrogen-bond acceptors (Lipinski definition) is 3. The van der Waals surface area contributed by atoms with Crippen molar-refractivity contribution in [2.45, 2.75) is 13.0 Å². The minimum absolute atomic E-state index is 0.109. The molecular formula is C17H21NO2. The van der Waals surface area contributed by atoms with Gasteiger partial charge in [0.05, 0.1) is 12.6 Å². The second-order valence-corrected chi connectivity index (χ2v) is 4.59. The van der Waals surface area contributed by atoms with E-state index < -0.39 is 0 Å². The fraction of sp³-hybridized carbons (Fsp3) is 0.294. The highest BCUT2D eigenvalue weighted by Crippen LogP contribution is 2.23. The number of hydrogen-bond donors (Lipinski definition) is 2. The van der Waals surface area contributed by atoms with E-state index in [0.717, 1.165) is 18.7 Å². The molecule has 2 aromatic carbocycles. The summed E-state index contributed by atoms with van der Waals surface area (Å²) in [5, 5.41) is 12.9. The molecule has 0 saturated carbocycles. The fourth-order valence-corrected chi connectivity index (χ4v) is 2.16. The summed E-state index contributed by atoms with van der Waals surface area (Å²) in [4.78, 5) is 0. The van der Waals surface area contributed by atoms with Crippen LogP contribution in [0.3, 0.4) is 0 Å². The molecule has 3 heteroatoms. The Morgan fingerprint density at radius 3 is 2.30 bits per heavy atom. The molecule has 1 atom stereocenters. The molecule has 0 spiro atoms. The van der Waals surface area contributed by atoms with E-state index in [0.29, 0.717) is 6.61 Å². The molecular weight excluding hydrogens is 250 g/mol. The Morgan fingerprint density at radius 2 is 1.65 bits per heavy atom. The van der Waals surface area contributed by atoms with Crippen LogP contribution < -0.4 is 5.32 Å². The third-order valence-electron chi connectivity index (χ3n) is 3.16. The van der Waals surface area contributed by atoms with Crippen molar-refractivity contribution in [1.29, 1.82) is 0 Å². The van der Waals surface area contributed by atoms with Crippen molar-refractivity contribution in [3.63, 3.8) is 0 Å². The smallest absolute Gasteiger partial charge is 0.115 e. The number of aromatic hydroxyl groups is 1. The number of nitrogens with one attached hydrogen (secondary N) is 1. The van der Waals surface area contributed by atoms with Gasteiger partial charge in [0, 0.05) is 13.2 Å². The van der Waals surface area contributed by atoms with Crippen LogP contribution in [0.25, 0.3) is 0 Å². The van der Waals surface area contributed by atoms with Gasteiger partial charge in [-0.25, -0.2) is 0 Å². The Bertz CT molecular complexity index is 496. The van der Waals surface area contributed by atoms with Gasteiger partial charge in [0.2, 0.25) is 0 Å². The molecule has 2 rings (SSSR count). The molecule has 0 saturated heterocycles. The van der Waals surface area contributed by atoms with Crippen LogP contribution in [-0.4, -0.2) is 24.9 Å². The first-order valence-electron chi connectivity index (χ1n) is 6.96. The monoisotopic (exact) mass is 271 g/mol. The zero-order valence-corrected chi connectivity index (χ0v) is 11.8. The Morgan fingerprint density at radius 1 is 1.00 bits per heavy atom. The van der Waals surface area contributed by atoms with Crippen LogP contribution in [0.15, 0.2) is 54.6 Å². The van der Waals surface area contributed by atoms with Crippen LogP contribution in [0.4, 0.5) is 0 Å². The molecule has 0 aliphatic carbocycles. The van der Waals surface area contributed by atoms with Gasteiger partial charge in [-0.15, -0.1) is 0 Å². The molecule has 106 valence electrons. The summed E-state index contributed by atoms with van der Waals surface area (Å²) >= 11 is 0. The molecule has 1 unspecified atom stereocenters. The van der Waals surface area contributed by atoms with Gasteiger partial charge in [-0.3, -0.25) is 0 Å². The quantitative estimate of drug-likeness (QED) is 0.760. The van der Waals surface area contributed by atoms with Crippen molar-refractivity contribution in [2.24, 2.45) is 0 Å². The maximum Gasteiger partial charge on any atom is 0.115 e. The van der Waals surface area contributed by atoms with Gasteiger partial charge in [0.15, 0.2) is 0 Å². The average molecular weight is 271 g/mol. The van der Waals surface area contributed by atoms with E-state index in [9.17, 15) is 5.11 Å². The van der Waals surface area contributed by atoms with Crippen LogP contribution in [0, 0.1) is 0 Å². The summed E-state index contributed by atoms with van der Waals surface area (Å²) < 4.78 is 5.37. The maximum atomic E-state index is 9.41. The highest BCUT2D eigenvalue weighted by atomic mass is 16.5. The minimum Gasteiger partial charge on any atom is -0.508 e. The van der Waals surface area contributed by atoms with Crippen LogP contribution >= 0.6 is 0 Å². The lowest BCUT2D eigenvalue weighted by Gasteiger charge is -2.20. The number of rotatable bonds is 7. The standard InChI is InChI=1S/C17H21NO2/c1-2-20-13-12-18-17(14-6-4-3-5-7-14)15-8-10-16(19)11-9-15/h3-11,17-19H,2,12-13H2,1H3. The first-order valence-corrected chi connectivity index (χ1v) is 6.96. The zero-order chi connectivity index (χ0) is 14.2. The van der Waals surface area contributed by atoms with E-state index in [4.69, 9.17) is 4.74 Å². The second-order valence-electron chi connectivity index (χ2n) is 4.59. The van der Waals surface area contributed by atoms with Crippen molar-refractivity contribution in [1.82, 2.24) is 5.32 Å². The molecule has 0 aliphatic rings. The Balaban J connectivity index is 2.13. The van der Waals surface area contributed by atoms with Gasteiger partial charge in [-0.05, 0) is 30.2 Å². The third-order valence-corrected chi connectivity index (χ3v) is 3.16. The summed E-state index contributed by atoms with van der Waals surface area (Å²) in [6.45, 7) is 4.21. The van der Waals surface area contributed by atoms with Gasteiger partial charge >= 0.3 is 0 Å². The van der Waals surface area contributed by atoms with Crippen molar-refractivity contribution in [3.05, 3.63) is 65.7 Å². The van der Waals surface area contributed by atoms with Gasteiger partial charge in [-0.1, -0.05) is 42.5 Å². The lowest BCUT2D eigenvalue weighted by atomic mass is 9.98. The lowest BCUT2D eigenvalue weighted by Crippen LogP contribution is -2.26. The Kier molecular flexibility index (Phi) is 5.59. The second kappa shape index (κ2) is 7.68. The topological polar surface area (TPSA) is 41.5 Å². The summed E-state index contributed by atoms with van der Waals surface area (Å²) in [6, 6.07) is 17.7. The predicted octanol–water partition coefficient (Wildman–Crippen LogP) is 3.11. The van der Waals surface area contributed by atoms with Crippen molar-refractivity contribution in [2.75, 3.05) is 19.8 Å². The number of phenols is 1. The molecule has 3 nitrogen and oxygen atoms in total. The van der Waals surface area contributed by atoms with Gasteiger partial charge < -0.3 is 15.2 Å². The van der Waals surface area contributed by atoms with E-state index in [1.54, 1.807) is 12.1 Å². The van der Waals surface area contributed by atoms with E-state index >= 15 is 0 Å². The highest BCUT2D eigenvalue weighted by Gasteiger charge is 2.12. The van der Waals surface area contributed by atoms with Crippen LogP contribution in [0.2, 0.25) is 0 Å². The molecule has 0 heterocycles. The molecule has 0 aromatic heterocycles. The molecule has 0 aliphatic heterocycles. The fourth-order valence-electron chi connectivity index (χ4n) is 2.16. The molecule has 0 amide bonds. The Hall–Kier alpha value is -1.84. The highest BCUT2D eigenvalue weighted by molar-refractivity contribution is 5.34. The van der Waals surface area contributed by atoms with Crippen molar-refractivity contribution >= 4 is 0 Å². The van der Waals surface area contributed by atoms with Gasteiger partial charge in [0.1, 0.15) is 5.75 Å². The normalized spacial score (nSPS) is 12.2. The van der Waals surface area contributed by atoms with Crippen LogP contribution in [-0.2, 0) is 4.74 Å². The first kappa shape index (κ1) is 14.6. The molecule has 20 heavy (non-hydrogen) atoms. The largest absolute Gasteiger partial charge is 0.508 e. The average Bonchev–Trinajstić information content (AvgIpc) is 2.50. The Labute approximate surface area is 120 Å². The third kappa shape index (κ3) is 4.08. The van der Waals surface area contributed by atoms with Crippen LogP contribution in [0.5, 0.6) is 5.75 Å². The van der Waals surface area contributed by atoms with Gasteiger partial charge in [-0.2, -0.15) is 0 Å². The molecule has 0 radical (unpaired) electrons. The zero-order valence-electron chi connectivity index (χ0n) is 11.8. The van der Waals surface area contributed by atoms with Crippen LogP contribution in [0.1, 0.15) is 24.1 Å². The van der Waals surface area contributed by atoms with E-state index in [1.165, 1.54) is 5.56 Å². The summed E-state index contributed by atoms with van der Waals surface area (Å²) in [6.07, 6.45) is 0. The summed E-state index contributed by atoms with van der Waals surface area (Å²) in [7, 11) is 0. The molecule has 0 fully saturated rings. The summed E-state index contributed by atoms with van der Waals surface area (Å²) in [5.74, 6) is 0.287. The predicted molar refractivity (Wildman–Crippen MR) is 80.9 cm³/mol. The van der Waals surface area contributed by atoms with Gasteiger partial charge in [0.25, 0.3) is 0 Å².